The lowest BCUT2D eigenvalue weighted by Crippen LogP contribution is -1.89. The SMILES string of the molecule is C/C(=C\Cc1cc(-c2ccccc2)cc(-c2ccccc2)c1)C/C=C/c1ccccc1. The molecule has 0 aliphatic carbocycles. The van der Waals surface area contributed by atoms with Gasteiger partial charge >= 0.3 is 0 Å². The average molecular weight is 401 g/mol. The zero-order chi connectivity index (χ0) is 21.3. The largest absolute Gasteiger partial charge is 0.0809 e. The second-order valence-electron chi connectivity index (χ2n) is 7.92. The highest BCUT2D eigenvalue weighted by molar-refractivity contribution is 5.74. The van der Waals surface area contributed by atoms with Crippen molar-refractivity contribution in [3.8, 4) is 22.3 Å². The van der Waals surface area contributed by atoms with Crippen LogP contribution in [0.25, 0.3) is 28.3 Å². The van der Waals surface area contributed by atoms with Crippen molar-refractivity contribution in [2.75, 3.05) is 0 Å². The maximum Gasteiger partial charge on any atom is -0.00943 e. The summed E-state index contributed by atoms with van der Waals surface area (Å²) < 4.78 is 0. The molecular formula is C31H28. The molecule has 0 amide bonds. The third kappa shape index (κ3) is 5.93. The zero-order valence-electron chi connectivity index (χ0n) is 18.0. The van der Waals surface area contributed by atoms with E-state index < -0.39 is 0 Å². The van der Waals surface area contributed by atoms with Gasteiger partial charge in [0.2, 0.25) is 0 Å². The van der Waals surface area contributed by atoms with E-state index in [2.05, 4.69) is 134 Å². The van der Waals surface area contributed by atoms with Crippen LogP contribution in [0.15, 0.2) is 127 Å². The molecule has 0 atom stereocenters. The van der Waals surface area contributed by atoms with Gasteiger partial charge in [0.15, 0.2) is 0 Å². The van der Waals surface area contributed by atoms with Crippen LogP contribution < -0.4 is 0 Å². The Hall–Kier alpha value is -3.64. The highest BCUT2D eigenvalue weighted by atomic mass is 14.1. The van der Waals surface area contributed by atoms with Crippen LogP contribution in [0, 0.1) is 0 Å². The molecule has 0 radical (unpaired) electrons. The maximum absolute atomic E-state index is 2.36. The first-order valence-electron chi connectivity index (χ1n) is 10.9. The fourth-order valence-corrected chi connectivity index (χ4v) is 3.72. The van der Waals surface area contributed by atoms with Crippen LogP contribution in [0.3, 0.4) is 0 Å². The van der Waals surface area contributed by atoms with Crippen LogP contribution in [0.1, 0.15) is 24.5 Å². The van der Waals surface area contributed by atoms with Crippen LogP contribution >= 0.6 is 0 Å². The molecule has 0 N–H and O–H groups in total. The van der Waals surface area contributed by atoms with Gasteiger partial charge in [0.1, 0.15) is 0 Å². The Labute approximate surface area is 186 Å². The Kier molecular flexibility index (Phi) is 6.92. The van der Waals surface area contributed by atoms with Crippen molar-refractivity contribution in [3.05, 3.63) is 138 Å². The summed E-state index contributed by atoms with van der Waals surface area (Å²) in [6.07, 6.45) is 8.70. The number of rotatable bonds is 7. The standard InChI is InChI=1S/C31H28/c1-25(12-11-15-26-13-5-2-6-14-26)20-21-27-22-30(28-16-7-3-8-17-28)24-31(23-27)29-18-9-4-10-19-29/h2-11,13-20,22-24H,12,21H2,1H3/b15-11+,25-20+. The molecule has 152 valence electrons. The normalized spacial score (nSPS) is 11.7. The quantitative estimate of drug-likeness (QED) is 0.272. The van der Waals surface area contributed by atoms with Crippen molar-refractivity contribution < 1.29 is 0 Å². The van der Waals surface area contributed by atoms with Crippen molar-refractivity contribution in [3.63, 3.8) is 0 Å². The van der Waals surface area contributed by atoms with Crippen LogP contribution in [-0.4, -0.2) is 0 Å². The summed E-state index contributed by atoms with van der Waals surface area (Å²) in [6, 6.07) is 38.7. The van der Waals surface area contributed by atoms with Crippen molar-refractivity contribution in [1.29, 1.82) is 0 Å². The second kappa shape index (κ2) is 10.4. The number of allylic oxidation sites excluding steroid dienone is 3. The first kappa shape index (κ1) is 20.6. The molecular weight excluding hydrogens is 372 g/mol. The van der Waals surface area contributed by atoms with Gasteiger partial charge < -0.3 is 0 Å². The van der Waals surface area contributed by atoms with Crippen molar-refractivity contribution in [2.45, 2.75) is 19.8 Å². The summed E-state index contributed by atoms with van der Waals surface area (Å²) >= 11 is 0. The summed E-state index contributed by atoms with van der Waals surface area (Å²) in [5, 5.41) is 0. The molecule has 0 aliphatic heterocycles. The van der Waals surface area contributed by atoms with Gasteiger partial charge in [-0.3, -0.25) is 0 Å². The van der Waals surface area contributed by atoms with Gasteiger partial charge in [0.25, 0.3) is 0 Å². The fourth-order valence-electron chi connectivity index (χ4n) is 3.72. The molecule has 0 fully saturated rings. The summed E-state index contributed by atoms with van der Waals surface area (Å²) in [5.74, 6) is 0. The van der Waals surface area contributed by atoms with E-state index in [-0.39, 0.29) is 0 Å². The molecule has 0 unspecified atom stereocenters. The first-order valence-corrected chi connectivity index (χ1v) is 10.9. The van der Waals surface area contributed by atoms with Crippen LogP contribution in [-0.2, 0) is 6.42 Å². The van der Waals surface area contributed by atoms with E-state index in [9.17, 15) is 0 Å². The lowest BCUT2D eigenvalue weighted by atomic mass is 9.94. The second-order valence-corrected chi connectivity index (χ2v) is 7.92. The predicted octanol–water partition coefficient (Wildman–Crippen LogP) is 8.61. The molecule has 4 aromatic carbocycles. The summed E-state index contributed by atoms with van der Waals surface area (Å²) in [6.45, 7) is 2.22. The Morgan fingerprint density at radius 3 is 1.68 bits per heavy atom. The summed E-state index contributed by atoms with van der Waals surface area (Å²) in [7, 11) is 0. The number of hydrogen-bond donors (Lipinski definition) is 0. The minimum atomic E-state index is 0.936. The molecule has 0 saturated carbocycles. The van der Waals surface area contributed by atoms with E-state index in [1.165, 1.54) is 39.0 Å². The topological polar surface area (TPSA) is 0 Å². The molecule has 0 aromatic heterocycles. The van der Waals surface area contributed by atoms with Crippen LogP contribution in [0.2, 0.25) is 0 Å². The monoisotopic (exact) mass is 400 g/mol. The first-order chi connectivity index (χ1) is 15.3. The fraction of sp³-hybridized carbons (Fsp3) is 0.0968. The van der Waals surface area contributed by atoms with Gasteiger partial charge in [0.05, 0.1) is 0 Å². The van der Waals surface area contributed by atoms with E-state index in [4.69, 9.17) is 0 Å². The number of hydrogen-bond acceptors (Lipinski definition) is 0. The Balaban J connectivity index is 1.55. The molecule has 0 heteroatoms. The summed E-state index contributed by atoms with van der Waals surface area (Å²) in [4.78, 5) is 0. The molecule has 0 spiro atoms. The molecule has 0 heterocycles. The molecule has 0 saturated heterocycles. The Morgan fingerprint density at radius 2 is 1.13 bits per heavy atom. The molecule has 0 nitrogen and oxygen atoms in total. The molecule has 31 heavy (non-hydrogen) atoms. The predicted molar refractivity (Wildman–Crippen MR) is 135 cm³/mol. The van der Waals surface area contributed by atoms with Crippen molar-refractivity contribution in [1.82, 2.24) is 0 Å². The van der Waals surface area contributed by atoms with Gasteiger partial charge in [-0.2, -0.15) is 0 Å². The lowest BCUT2D eigenvalue weighted by Gasteiger charge is -2.10. The molecule has 0 bridgehead atoms. The third-order valence-corrected chi connectivity index (χ3v) is 5.44. The molecule has 0 aliphatic rings. The minimum absolute atomic E-state index is 0.936. The van der Waals surface area contributed by atoms with Crippen molar-refractivity contribution in [2.24, 2.45) is 0 Å². The highest BCUT2D eigenvalue weighted by Crippen LogP contribution is 2.28. The zero-order valence-corrected chi connectivity index (χ0v) is 18.0. The van der Waals surface area contributed by atoms with E-state index in [1.807, 2.05) is 0 Å². The van der Waals surface area contributed by atoms with Crippen LogP contribution in [0.4, 0.5) is 0 Å². The van der Waals surface area contributed by atoms with Gasteiger partial charge in [0, 0.05) is 0 Å². The van der Waals surface area contributed by atoms with E-state index in [0.717, 1.165) is 12.8 Å². The highest BCUT2D eigenvalue weighted by Gasteiger charge is 2.05. The van der Waals surface area contributed by atoms with Gasteiger partial charge in [-0.05, 0) is 59.2 Å². The van der Waals surface area contributed by atoms with Gasteiger partial charge in [-0.15, -0.1) is 0 Å². The van der Waals surface area contributed by atoms with Gasteiger partial charge in [-0.25, -0.2) is 0 Å². The molecule has 4 aromatic rings. The lowest BCUT2D eigenvalue weighted by molar-refractivity contribution is 1.15. The third-order valence-electron chi connectivity index (χ3n) is 5.44. The Morgan fingerprint density at radius 1 is 0.613 bits per heavy atom. The van der Waals surface area contributed by atoms with Crippen molar-refractivity contribution >= 4 is 6.08 Å². The van der Waals surface area contributed by atoms with E-state index >= 15 is 0 Å². The minimum Gasteiger partial charge on any atom is -0.0809 e. The van der Waals surface area contributed by atoms with Crippen LogP contribution in [0.5, 0.6) is 0 Å². The average Bonchev–Trinajstić information content (AvgIpc) is 2.84. The maximum atomic E-state index is 2.36. The Bertz CT molecular complexity index is 1090. The van der Waals surface area contributed by atoms with Gasteiger partial charge in [-0.1, -0.05) is 127 Å². The smallest absolute Gasteiger partial charge is 0.00943 e. The summed E-state index contributed by atoms with van der Waals surface area (Å²) in [5.41, 5.74) is 9.03. The van der Waals surface area contributed by atoms with E-state index in [1.54, 1.807) is 0 Å². The molecule has 4 rings (SSSR count). The number of benzene rings is 4. The van der Waals surface area contributed by atoms with E-state index in [0.29, 0.717) is 0 Å².